The van der Waals surface area contributed by atoms with Gasteiger partial charge in [0.05, 0.1) is 0 Å². The molecule has 0 amide bonds. The fourth-order valence-electron chi connectivity index (χ4n) is 4.34. The molecule has 0 bridgehead atoms. The molecule has 0 fully saturated rings. The Kier molecular flexibility index (Phi) is 4.46. The molecule has 0 N–H and O–H groups in total. The van der Waals surface area contributed by atoms with Crippen LogP contribution in [0.5, 0.6) is 0 Å². The molecule has 29 heavy (non-hydrogen) atoms. The van der Waals surface area contributed by atoms with Gasteiger partial charge < -0.3 is 0 Å². The van der Waals surface area contributed by atoms with E-state index in [0.717, 1.165) is 0 Å². The highest BCUT2D eigenvalue weighted by molar-refractivity contribution is 6.15. The smallest absolute Gasteiger partial charge is 0.00201 e. The molecule has 0 nitrogen and oxygen atoms in total. The third kappa shape index (κ3) is 2.94. The Balaban J connectivity index is 1.96. The molecule has 0 saturated carbocycles. The number of allylic oxidation sites excluding steroid dienone is 5. The molecule has 0 atom stereocenters. The lowest BCUT2D eigenvalue weighted by molar-refractivity contribution is 1.58. The maximum atomic E-state index is 2.28. The second-order valence-electron chi connectivity index (χ2n) is 7.30. The minimum absolute atomic E-state index is 1.26. The minimum atomic E-state index is 1.26. The van der Waals surface area contributed by atoms with Gasteiger partial charge in [0.15, 0.2) is 0 Å². The van der Waals surface area contributed by atoms with E-state index < -0.39 is 0 Å². The lowest BCUT2D eigenvalue weighted by Crippen LogP contribution is -1.95. The van der Waals surface area contributed by atoms with Gasteiger partial charge in [-0.3, -0.25) is 0 Å². The molecular weight excluding hydrogens is 348 g/mol. The molecule has 5 rings (SSSR count). The summed E-state index contributed by atoms with van der Waals surface area (Å²) in [5, 5.41) is 2.60. The molecule has 1 aliphatic rings. The van der Waals surface area contributed by atoms with Gasteiger partial charge in [0.2, 0.25) is 0 Å². The Hall–Kier alpha value is -3.64. The van der Waals surface area contributed by atoms with Crippen LogP contribution in [0.4, 0.5) is 0 Å². The van der Waals surface area contributed by atoms with E-state index in [1.54, 1.807) is 0 Å². The van der Waals surface area contributed by atoms with Crippen LogP contribution < -0.4 is 0 Å². The highest BCUT2D eigenvalue weighted by atomic mass is 14.3. The van der Waals surface area contributed by atoms with Gasteiger partial charge in [0, 0.05) is 0 Å². The van der Waals surface area contributed by atoms with Crippen molar-refractivity contribution in [2.24, 2.45) is 0 Å². The van der Waals surface area contributed by atoms with Gasteiger partial charge in [-0.1, -0.05) is 115 Å². The Labute approximate surface area is 172 Å². The summed E-state index contributed by atoms with van der Waals surface area (Å²) in [6.45, 7) is 2.06. The minimum Gasteiger partial charge on any atom is -0.0876 e. The van der Waals surface area contributed by atoms with Crippen molar-refractivity contribution < 1.29 is 0 Å². The van der Waals surface area contributed by atoms with Crippen LogP contribution in [0.15, 0.2) is 109 Å². The van der Waals surface area contributed by atoms with Crippen LogP contribution in [-0.4, -0.2) is 0 Å². The number of fused-ring (bicyclic) bond motifs is 2. The second-order valence-corrected chi connectivity index (χ2v) is 7.30. The summed E-state index contributed by atoms with van der Waals surface area (Å²) in [5.41, 5.74) is 9.05. The molecule has 0 spiro atoms. The zero-order chi connectivity index (χ0) is 19.6. The predicted molar refractivity (Wildman–Crippen MR) is 127 cm³/mol. The van der Waals surface area contributed by atoms with Gasteiger partial charge in [0.1, 0.15) is 0 Å². The van der Waals surface area contributed by atoms with E-state index in [1.807, 2.05) is 0 Å². The highest BCUT2D eigenvalue weighted by Crippen LogP contribution is 2.48. The monoisotopic (exact) mass is 370 g/mol. The third-order valence-corrected chi connectivity index (χ3v) is 5.57. The van der Waals surface area contributed by atoms with Crippen molar-refractivity contribution in [2.75, 3.05) is 0 Å². The second kappa shape index (κ2) is 7.41. The predicted octanol–water partition coefficient (Wildman–Crippen LogP) is 8.16. The van der Waals surface area contributed by atoms with E-state index in [-0.39, 0.29) is 0 Å². The molecule has 0 unspecified atom stereocenters. The zero-order valence-corrected chi connectivity index (χ0v) is 16.5. The fourth-order valence-corrected chi connectivity index (χ4v) is 4.34. The SMILES string of the molecule is C/C=C\C=C1/C=Cc2c1c(-c1ccccc1)c1ccccc1c2-c1ccccc1. The maximum absolute atomic E-state index is 2.28. The van der Waals surface area contributed by atoms with Crippen LogP contribution >= 0.6 is 0 Å². The highest BCUT2D eigenvalue weighted by Gasteiger charge is 2.24. The molecule has 0 saturated heterocycles. The Morgan fingerprint density at radius 3 is 1.72 bits per heavy atom. The van der Waals surface area contributed by atoms with Gasteiger partial charge in [0.25, 0.3) is 0 Å². The number of rotatable bonds is 3. The van der Waals surface area contributed by atoms with Crippen molar-refractivity contribution >= 4 is 22.4 Å². The first kappa shape index (κ1) is 17.5. The molecule has 138 valence electrons. The summed E-state index contributed by atoms with van der Waals surface area (Å²) in [6, 6.07) is 30.3. The van der Waals surface area contributed by atoms with E-state index in [9.17, 15) is 0 Å². The van der Waals surface area contributed by atoms with Crippen molar-refractivity contribution in [2.45, 2.75) is 6.92 Å². The van der Waals surface area contributed by atoms with Crippen molar-refractivity contribution in [1.29, 1.82) is 0 Å². The summed E-state index contributed by atoms with van der Waals surface area (Å²) < 4.78 is 0. The van der Waals surface area contributed by atoms with Crippen LogP contribution in [0.2, 0.25) is 0 Å². The first-order chi connectivity index (χ1) is 14.4. The molecule has 0 aliphatic heterocycles. The van der Waals surface area contributed by atoms with Crippen LogP contribution in [0, 0.1) is 0 Å². The summed E-state index contributed by atoms with van der Waals surface area (Å²) in [5.74, 6) is 0. The Bertz CT molecular complexity index is 1270. The van der Waals surface area contributed by atoms with Gasteiger partial charge in [-0.05, 0) is 56.6 Å². The summed E-state index contributed by atoms with van der Waals surface area (Å²) in [7, 11) is 0. The molecule has 4 aromatic rings. The quantitative estimate of drug-likeness (QED) is 0.341. The first-order valence-electron chi connectivity index (χ1n) is 10.1. The molecule has 0 heteroatoms. The Morgan fingerprint density at radius 2 is 1.10 bits per heavy atom. The van der Waals surface area contributed by atoms with Gasteiger partial charge in [-0.25, -0.2) is 0 Å². The third-order valence-electron chi connectivity index (χ3n) is 5.57. The van der Waals surface area contributed by atoms with Crippen molar-refractivity contribution in [3.63, 3.8) is 0 Å². The van der Waals surface area contributed by atoms with Gasteiger partial charge in [-0.2, -0.15) is 0 Å². The molecule has 0 heterocycles. The van der Waals surface area contributed by atoms with Crippen LogP contribution in [0.25, 0.3) is 44.7 Å². The lowest BCUT2D eigenvalue weighted by Gasteiger charge is -2.19. The lowest BCUT2D eigenvalue weighted by atomic mass is 9.83. The van der Waals surface area contributed by atoms with Gasteiger partial charge in [-0.15, -0.1) is 0 Å². The van der Waals surface area contributed by atoms with E-state index in [1.165, 1.54) is 49.7 Å². The summed E-state index contributed by atoms with van der Waals surface area (Å²) in [4.78, 5) is 0. The molecule has 4 aromatic carbocycles. The normalized spacial score (nSPS) is 14.2. The van der Waals surface area contributed by atoms with E-state index in [2.05, 4.69) is 122 Å². The Morgan fingerprint density at radius 1 is 0.552 bits per heavy atom. The fraction of sp³-hybridized carbons (Fsp3) is 0.0345. The number of benzene rings is 4. The van der Waals surface area contributed by atoms with Crippen LogP contribution in [-0.2, 0) is 0 Å². The van der Waals surface area contributed by atoms with E-state index >= 15 is 0 Å². The number of hydrogen-bond acceptors (Lipinski definition) is 0. The van der Waals surface area contributed by atoms with Crippen LogP contribution in [0.1, 0.15) is 18.1 Å². The number of hydrogen-bond donors (Lipinski definition) is 0. The molecule has 0 aromatic heterocycles. The first-order valence-corrected chi connectivity index (χ1v) is 10.1. The summed E-state index contributed by atoms with van der Waals surface area (Å²) >= 11 is 0. The average molecular weight is 370 g/mol. The maximum Gasteiger partial charge on any atom is -0.00201 e. The zero-order valence-electron chi connectivity index (χ0n) is 16.5. The molecular formula is C29H22. The van der Waals surface area contributed by atoms with Crippen molar-refractivity contribution in [3.05, 3.63) is 120 Å². The molecule has 0 radical (unpaired) electrons. The van der Waals surface area contributed by atoms with Gasteiger partial charge >= 0.3 is 0 Å². The molecule has 1 aliphatic carbocycles. The largest absolute Gasteiger partial charge is 0.0876 e. The summed E-state index contributed by atoms with van der Waals surface area (Å²) in [6.07, 6.45) is 11.0. The van der Waals surface area contributed by atoms with E-state index in [0.29, 0.717) is 0 Å². The van der Waals surface area contributed by atoms with Crippen molar-refractivity contribution in [1.82, 2.24) is 0 Å². The van der Waals surface area contributed by atoms with E-state index in [4.69, 9.17) is 0 Å². The topological polar surface area (TPSA) is 0 Å². The van der Waals surface area contributed by atoms with Crippen molar-refractivity contribution in [3.8, 4) is 22.3 Å². The average Bonchev–Trinajstić information content (AvgIpc) is 3.20. The standard InChI is InChI=1S/C29H22/c1-2-3-12-23-19-20-26-27(21-13-6-4-7-14-21)24-17-10-11-18-25(24)28(29(23)26)22-15-8-5-9-16-22/h2-20H,1H3/b3-2-,23-12+. The van der Waals surface area contributed by atoms with Crippen LogP contribution in [0.3, 0.4) is 0 Å².